The average molecular weight is 463 g/mol. The van der Waals surface area contributed by atoms with Crippen molar-refractivity contribution >= 4 is 29.1 Å². The van der Waals surface area contributed by atoms with E-state index in [1.165, 1.54) is 44.6 Å². The van der Waals surface area contributed by atoms with E-state index in [0.29, 0.717) is 0 Å². The summed E-state index contributed by atoms with van der Waals surface area (Å²) in [6, 6.07) is 30.5. The minimum absolute atomic E-state index is 0.0215. The molecule has 0 radical (unpaired) electrons. The lowest BCUT2D eigenvalue weighted by Crippen LogP contribution is -2.59. The highest BCUT2D eigenvalue weighted by Gasteiger charge is 2.42. The van der Waals surface area contributed by atoms with Crippen LogP contribution in [0.5, 0.6) is 0 Å². The van der Waals surface area contributed by atoms with Crippen molar-refractivity contribution in [3.05, 3.63) is 110 Å². The van der Waals surface area contributed by atoms with E-state index < -0.39 is 0 Å². The number of hydrogen-bond acceptors (Lipinski definition) is 5. The molecular weight excluding hydrogens is 445 g/mol. The second-order valence-corrected chi connectivity index (χ2v) is 9.05. The van der Waals surface area contributed by atoms with Crippen molar-refractivity contribution in [2.24, 2.45) is 0 Å². The van der Waals surface area contributed by atoms with Crippen LogP contribution in [0, 0.1) is 0 Å². The molecule has 0 N–H and O–H groups in total. The Morgan fingerprint density at radius 3 is 1.50 bits per heavy atom. The summed E-state index contributed by atoms with van der Waals surface area (Å²) >= 11 is 0. The van der Waals surface area contributed by atoms with Crippen molar-refractivity contribution in [1.82, 2.24) is 30.0 Å². The molecule has 2 aliphatic rings. The molecule has 8 rings (SSSR count). The van der Waals surface area contributed by atoms with Gasteiger partial charge in [-0.25, -0.2) is 9.36 Å². The molecule has 0 saturated carbocycles. The largest absolute Gasteiger partial charge is 0.376 e. The summed E-state index contributed by atoms with van der Waals surface area (Å²) in [6.45, 7) is -0.0215. The number of para-hydroxylation sites is 2. The Morgan fingerprint density at radius 2 is 1.03 bits per heavy atom. The molecule has 0 bridgehead atoms. The highest BCUT2D eigenvalue weighted by Crippen LogP contribution is 2.45. The topological polar surface area (TPSA) is 64.7 Å². The zero-order chi connectivity index (χ0) is 23.6. The van der Waals surface area contributed by atoms with Gasteiger partial charge >= 0.3 is 6.85 Å². The molecule has 4 heterocycles. The second kappa shape index (κ2) is 7.26. The number of anilines is 2. The first-order chi connectivity index (χ1) is 17.9. The van der Waals surface area contributed by atoms with Crippen molar-refractivity contribution < 1.29 is 0 Å². The Balaban J connectivity index is 1.46. The number of rotatable bonds is 2. The summed E-state index contributed by atoms with van der Waals surface area (Å²) < 4.78 is 3.63. The first kappa shape index (κ1) is 19.3. The Morgan fingerprint density at radius 1 is 0.528 bits per heavy atom. The SMILES string of the molecule is c1ccc2c(c1)-c1ccc(-n3ccnn3)cc1B1c3cc(-n4ccnn4)ccc3-c3ccccc3N12. The van der Waals surface area contributed by atoms with E-state index in [2.05, 4.69) is 110 Å². The standard InChI is InChI=1S/C28H18BN7/c1-3-7-27-23(5-1)21-11-9-19(34-15-13-30-32-34)17-25(21)29-26-18-20(35-16-14-31-33-35)10-12-22(26)24-6-2-4-8-28(24)36(27)29/h1-18H. The molecule has 0 unspecified atom stereocenters. The van der Waals surface area contributed by atoms with Crippen LogP contribution < -0.4 is 15.7 Å². The maximum atomic E-state index is 4.25. The Bertz CT molecular complexity index is 1630. The van der Waals surface area contributed by atoms with Crippen molar-refractivity contribution in [3.63, 3.8) is 0 Å². The molecule has 7 nitrogen and oxygen atoms in total. The van der Waals surface area contributed by atoms with E-state index in [1.54, 1.807) is 12.4 Å². The third kappa shape index (κ3) is 2.63. The van der Waals surface area contributed by atoms with Gasteiger partial charge in [-0.15, -0.1) is 10.2 Å². The van der Waals surface area contributed by atoms with E-state index in [-0.39, 0.29) is 6.85 Å². The second-order valence-electron chi connectivity index (χ2n) is 9.05. The van der Waals surface area contributed by atoms with E-state index >= 15 is 0 Å². The zero-order valence-electron chi connectivity index (χ0n) is 19.1. The van der Waals surface area contributed by atoms with Crippen LogP contribution in [0.25, 0.3) is 33.6 Å². The molecule has 0 saturated heterocycles. The number of aromatic nitrogens is 6. The fourth-order valence-electron chi connectivity index (χ4n) is 5.70. The molecule has 0 amide bonds. The van der Waals surface area contributed by atoms with Crippen LogP contribution in [-0.4, -0.2) is 36.8 Å². The normalized spacial score (nSPS) is 12.9. The van der Waals surface area contributed by atoms with Crippen LogP contribution in [-0.2, 0) is 0 Å². The third-order valence-corrected chi connectivity index (χ3v) is 7.20. The predicted octanol–water partition coefficient (Wildman–Crippen LogP) is 3.75. The lowest BCUT2D eigenvalue weighted by molar-refractivity contribution is 0.803. The highest BCUT2D eigenvalue weighted by atomic mass is 15.4. The molecule has 0 spiro atoms. The molecule has 4 aromatic carbocycles. The summed E-state index contributed by atoms with van der Waals surface area (Å²) in [4.78, 5) is 2.48. The molecule has 36 heavy (non-hydrogen) atoms. The van der Waals surface area contributed by atoms with Crippen molar-refractivity contribution in [1.29, 1.82) is 0 Å². The van der Waals surface area contributed by atoms with Gasteiger partial charge in [-0.05, 0) is 58.5 Å². The monoisotopic (exact) mass is 463 g/mol. The highest BCUT2D eigenvalue weighted by molar-refractivity contribution is 6.92. The number of benzene rings is 4. The summed E-state index contributed by atoms with van der Waals surface area (Å²) in [5.74, 6) is 0. The van der Waals surface area contributed by atoms with Gasteiger partial charge in [0.05, 0.1) is 36.2 Å². The van der Waals surface area contributed by atoms with Crippen LogP contribution in [0.2, 0.25) is 0 Å². The van der Waals surface area contributed by atoms with Gasteiger partial charge in [0.2, 0.25) is 0 Å². The Hall–Kier alpha value is -4.98. The van der Waals surface area contributed by atoms with E-state index in [1.807, 2.05) is 21.8 Å². The van der Waals surface area contributed by atoms with Crippen LogP contribution in [0.3, 0.4) is 0 Å². The average Bonchev–Trinajstić information content (AvgIpc) is 3.67. The van der Waals surface area contributed by atoms with Gasteiger partial charge in [-0.2, -0.15) is 0 Å². The fourth-order valence-corrected chi connectivity index (χ4v) is 5.70. The molecule has 6 aromatic rings. The zero-order valence-corrected chi connectivity index (χ0v) is 19.1. The van der Waals surface area contributed by atoms with Gasteiger partial charge < -0.3 is 4.81 Å². The molecule has 168 valence electrons. The lowest BCUT2D eigenvalue weighted by Gasteiger charge is -2.43. The third-order valence-electron chi connectivity index (χ3n) is 7.20. The van der Waals surface area contributed by atoms with Crippen LogP contribution in [0.15, 0.2) is 110 Å². The van der Waals surface area contributed by atoms with Gasteiger partial charge in [-0.1, -0.05) is 59.0 Å². The van der Waals surface area contributed by atoms with E-state index in [0.717, 1.165) is 11.4 Å². The molecule has 2 aliphatic heterocycles. The molecule has 8 heteroatoms. The van der Waals surface area contributed by atoms with E-state index in [4.69, 9.17) is 0 Å². The van der Waals surface area contributed by atoms with Gasteiger partial charge in [0, 0.05) is 22.5 Å². The van der Waals surface area contributed by atoms with E-state index in [9.17, 15) is 0 Å². The molecular formula is C28H18BN7. The Kier molecular flexibility index (Phi) is 3.90. The maximum absolute atomic E-state index is 4.25. The Labute approximate surface area is 207 Å². The predicted molar refractivity (Wildman–Crippen MR) is 141 cm³/mol. The first-order valence-electron chi connectivity index (χ1n) is 11.9. The van der Waals surface area contributed by atoms with Crippen LogP contribution in [0.4, 0.5) is 11.4 Å². The van der Waals surface area contributed by atoms with Gasteiger partial charge in [0.15, 0.2) is 0 Å². The summed E-state index contributed by atoms with van der Waals surface area (Å²) in [6.07, 6.45) is 7.17. The number of hydrogen-bond donors (Lipinski definition) is 0. The summed E-state index contributed by atoms with van der Waals surface area (Å²) in [7, 11) is 0. The fraction of sp³-hybridized carbons (Fsp3) is 0. The van der Waals surface area contributed by atoms with Gasteiger partial charge in [-0.3, -0.25) is 0 Å². The van der Waals surface area contributed by atoms with Crippen molar-refractivity contribution in [3.8, 4) is 33.6 Å². The van der Waals surface area contributed by atoms with Crippen LogP contribution in [0.1, 0.15) is 0 Å². The van der Waals surface area contributed by atoms with Gasteiger partial charge in [0.1, 0.15) is 0 Å². The molecule has 0 aliphatic carbocycles. The van der Waals surface area contributed by atoms with Gasteiger partial charge in [0.25, 0.3) is 0 Å². The quantitative estimate of drug-likeness (QED) is 0.366. The molecule has 0 atom stereocenters. The first-order valence-corrected chi connectivity index (χ1v) is 11.9. The minimum atomic E-state index is -0.0215. The number of nitrogens with zero attached hydrogens (tertiary/aromatic N) is 7. The number of fused-ring (bicyclic) bond motifs is 11. The van der Waals surface area contributed by atoms with Crippen molar-refractivity contribution in [2.45, 2.75) is 0 Å². The maximum Gasteiger partial charge on any atom is 0.329 e. The van der Waals surface area contributed by atoms with Crippen LogP contribution >= 0.6 is 0 Å². The minimum Gasteiger partial charge on any atom is -0.376 e. The smallest absolute Gasteiger partial charge is 0.329 e. The summed E-state index contributed by atoms with van der Waals surface area (Å²) in [5, 5.41) is 16.5. The lowest BCUT2D eigenvalue weighted by atomic mass is 9.43. The summed E-state index contributed by atoms with van der Waals surface area (Å²) in [5.41, 5.74) is 11.7. The van der Waals surface area contributed by atoms with Crippen molar-refractivity contribution in [2.75, 3.05) is 4.81 Å². The molecule has 2 aromatic heterocycles. The molecule has 0 fully saturated rings.